The average Bonchev–Trinajstić information content (AvgIpc) is 2.62. The highest BCUT2D eigenvalue weighted by Gasteiger charge is 2.16. The van der Waals surface area contributed by atoms with Gasteiger partial charge in [-0.1, -0.05) is 5.16 Å². The van der Waals surface area contributed by atoms with Gasteiger partial charge in [0.1, 0.15) is 11.4 Å². The maximum absolute atomic E-state index is 11.8. The van der Waals surface area contributed by atoms with Crippen LogP contribution in [0.5, 0.6) is 0 Å². The van der Waals surface area contributed by atoms with E-state index < -0.39 is 0 Å². The van der Waals surface area contributed by atoms with Crippen molar-refractivity contribution < 1.29 is 14.1 Å². The quantitative estimate of drug-likeness (QED) is 0.835. The van der Waals surface area contributed by atoms with E-state index in [9.17, 15) is 4.79 Å². The van der Waals surface area contributed by atoms with Crippen LogP contribution in [0.2, 0.25) is 0 Å². The summed E-state index contributed by atoms with van der Waals surface area (Å²) >= 11 is 0. The summed E-state index contributed by atoms with van der Waals surface area (Å²) in [5, 5.41) is 6.62. The van der Waals surface area contributed by atoms with Crippen LogP contribution in [0.1, 0.15) is 11.5 Å². The Kier molecular flexibility index (Phi) is 3.75. The first-order valence-corrected chi connectivity index (χ1v) is 5.69. The molecule has 0 atom stereocenters. The number of rotatable bonds is 3. The first-order chi connectivity index (χ1) is 8.16. The van der Waals surface area contributed by atoms with Gasteiger partial charge in [-0.05, 0) is 13.8 Å². The Labute approximate surface area is 99.9 Å². The van der Waals surface area contributed by atoms with E-state index in [4.69, 9.17) is 9.26 Å². The molecule has 1 N–H and O–H groups in total. The van der Waals surface area contributed by atoms with Gasteiger partial charge in [0.15, 0.2) is 5.76 Å². The summed E-state index contributed by atoms with van der Waals surface area (Å²) in [6.45, 7) is 6.96. The number of nitrogens with zero attached hydrogens (tertiary/aromatic N) is 2. The van der Waals surface area contributed by atoms with E-state index in [2.05, 4.69) is 15.4 Å². The molecule has 0 unspecified atom stereocenters. The molecule has 6 heteroatoms. The van der Waals surface area contributed by atoms with Crippen molar-refractivity contribution in [2.75, 3.05) is 38.2 Å². The van der Waals surface area contributed by atoms with Gasteiger partial charge < -0.3 is 14.6 Å². The van der Waals surface area contributed by atoms with Crippen LogP contribution in [-0.4, -0.2) is 48.8 Å². The van der Waals surface area contributed by atoms with Crippen LogP contribution in [0.15, 0.2) is 4.52 Å². The summed E-state index contributed by atoms with van der Waals surface area (Å²) in [5.74, 6) is 0.596. The lowest BCUT2D eigenvalue weighted by Crippen LogP contribution is -2.41. The predicted molar refractivity (Wildman–Crippen MR) is 61.9 cm³/mol. The Balaban J connectivity index is 1.88. The first kappa shape index (κ1) is 12.1. The van der Waals surface area contributed by atoms with Crippen LogP contribution in [-0.2, 0) is 9.53 Å². The van der Waals surface area contributed by atoms with Gasteiger partial charge in [-0.25, -0.2) is 0 Å². The maximum Gasteiger partial charge on any atom is 0.238 e. The summed E-state index contributed by atoms with van der Waals surface area (Å²) in [6.07, 6.45) is 0. The highest BCUT2D eigenvalue weighted by molar-refractivity contribution is 5.93. The van der Waals surface area contributed by atoms with E-state index in [0.717, 1.165) is 13.1 Å². The van der Waals surface area contributed by atoms with Gasteiger partial charge in [0.2, 0.25) is 5.91 Å². The normalized spacial score (nSPS) is 17.1. The number of hydrogen-bond acceptors (Lipinski definition) is 5. The SMILES string of the molecule is Cc1noc(C)c1NC(=O)CN1CCOCC1. The van der Waals surface area contributed by atoms with Crippen molar-refractivity contribution in [3.63, 3.8) is 0 Å². The molecule has 2 heterocycles. The molecule has 1 fully saturated rings. The minimum Gasteiger partial charge on any atom is -0.379 e. The molecule has 0 radical (unpaired) electrons. The third-order valence-corrected chi connectivity index (χ3v) is 2.77. The van der Waals surface area contributed by atoms with Crippen molar-refractivity contribution in [2.24, 2.45) is 0 Å². The zero-order valence-electron chi connectivity index (χ0n) is 10.2. The van der Waals surface area contributed by atoms with E-state index in [1.807, 2.05) is 0 Å². The van der Waals surface area contributed by atoms with Gasteiger partial charge in [-0.3, -0.25) is 9.69 Å². The number of carbonyl (C=O) groups excluding carboxylic acids is 1. The van der Waals surface area contributed by atoms with E-state index in [0.29, 0.717) is 36.9 Å². The van der Waals surface area contributed by atoms with Gasteiger partial charge >= 0.3 is 0 Å². The van der Waals surface area contributed by atoms with Crippen LogP contribution in [0.4, 0.5) is 5.69 Å². The van der Waals surface area contributed by atoms with Crippen LogP contribution < -0.4 is 5.32 Å². The zero-order valence-corrected chi connectivity index (χ0v) is 10.2. The van der Waals surface area contributed by atoms with Gasteiger partial charge in [0, 0.05) is 13.1 Å². The summed E-state index contributed by atoms with van der Waals surface area (Å²) in [7, 11) is 0. The van der Waals surface area contributed by atoms with Crippen molar-refractivity contribution in [1.82, 2.24) is 10.1 Å². The van der Waals surface area contributed by atoms with Crippen molar-refractivity contribution in [3.05, 3.63) is 11.5 Å². The molecule has 2 rings (SSSR count). The zero-order chi connectivity index (χ0) is 12.3. The lowest BCUT2D eigenvalue weighted by Gasteiger charge is -2.25. The number of nitrogens with one attached hydrogen (secondary N) is 1. The number of hydrogen-bond donors (Lipinski definition) is 1. The van der Waals surface area contributed by atoms with E-state index in [-0.39, 0.29) is 5.91 Å². The van der Waals surface area contributed by atoms with E-state index in [1.54, 1.807) is 13.8 Å². The van der Waals surface area contributed by atoms with Crippen LogP contribution >= 0.6 is 0 Å². The third-order valence-electron chi connectivity index (χ3n) is 2.77. The van der Waals surface area contributed by atoms with Gasteiger partial charge in [-0.2, -0.15) is 0 Å². The van der Waals surface area contributed by atoms with Crippen molar-refractivity contribution in [3.8, 4) is 0 Å². The molecule has 1 aliphatic heterocycles. The summed E-state index contributed by atoms with van der Waals surface area (Å²) in [4.78, 5) is 13.9. The molecule has 1 amide bonds. The van der Waals surface area contributed by atoms with E-state index >= 15 is 0 Å². The number of aromatic nitrogens is 1. The molecule has 1 aromatic heterocycles. The Morgan fingerprint density at radius 2 is 2.12 bits per heavy atom. The van der Waals surface area contributed by atoms with Gasteiger partial charge in [0.05, 0.1) is 19.8 Å². The summed E-state index contributed by atoms with van der Waals surface area (Å²) in [5.41, 5.74) is 1.39. The fourth-order valence-corrected chi connectivity index (χ4v) is 1.80. The number of amides is 1. The molecule has 0 spiro atoms. The second-order valence-electron chi connectivity index (χ2n) is 4.14. The van der Waals surface area contributed by atoms with Crippen LogP contribution in [0, 0.1) is 13.8 Å². The van der Waals surface area contributed by atoms with Crippen LogP contribution in [0.3, 0.4) is 0 Å². The topological polar surface area (TPSA) is 67.6 Å². The molecule has 0 saturated carbocycles. The highest BCUT2D eigenvalue weighted by atomic mass is 16.5. The first-order valence-electron chi connectivity index (χ1n) is 5.69. The molecular weight excluding hydrogens is 222 g/mol. The maximum atomic E-state index is 11.8. The Bertz CT molecular complexity index is 377. The van der Waals surface area contributed by atoms with Gasteiger partial charge in [0.25, 0.3) is 0 Å². The Hall–Kier alpha value is -1.40. The molecule has 0 aliphatic carbocycles. The number of carbonyl (C=O) groups is 1. The number of aryl methyl sites for hydroxylation is 2. The minimum absolute atomic E-state index is 0.0405. The second kappa shape index (κ2) is 5.29. The number of anilines is 1. The Morgan fingerprint density at radius 1 is 1.41 bits per heavy atom. The summed E-state index contributed by atoms with van der Waals surface area (Å²) < 4.78 is 10.2. The molecular formula is C11H17N3O3. The second-order valence-corrected chi connectivity index (χ2v) is 4.14. The lowest BCUT2D eigenvalue weighted by atomic mass is 10.3. The van der Waals surface area contributed by atoms with Crippen molar-refractivity contribution in [1.29, 1.82) is 0 Å². The molecule has 6 nitrogen and oxygen atoms in total. The third kappa shape index (κ3) is 3.04. The fraction of sp³-hybridized carbons (Fsp3) is 0.636. The van der Waals surface area contributed by atoms with Crippen molar-refractivity contribution >= 4 is 11.6 Å². The molecule has 0 bridgehead atoms. The number of ether oxygens (including phenoxy) is 1. The molecule has 94 valence electrons. The van der Waals surface area contributed by atoms with Crippen molar-refractivity contribution in [2.45, 2.75) is 13.8 Å². The fourth-order valence-electron chi connectivity index (χ4n) is 1.80. The molecule has 0 aromatic carbocycles. The number of morpholine rings is 1. The molecule has 1 saturated heterocycles. The Morgan fingerprint density at radius 3 is 2.71 bits per heavy atom. The lowest BCUT2D eigenvalue weighted by molar-refractivity contribution is -0.118. The van der Waals surface area contributed by atoms with E-state index in [1.165, 1.54) is 0 Å². The largest absolute Gasteiger partial charge is 0.379 e. The monoisotopic (exact) mass is 239 g/mol. The predicted octanol–water partition coefficient (Wildman–Crippen LogP) is 0.562. The average molecular weight is 239 g/mol. The summed E-state index contributed by atoms with van der Waals surface area (Å²) in [6, 6.07) is 0. The standard InChI is InChI=1S/C11H17N3O3/c1-8-11(9(2)17-13-8)12-10(15)7-14-3-5-16-6-4-14/h3-7H2,1-2H3,(H,12,15). The minimum atomic E-state index is -0.0405. The smallest absolute Gasteiger partial charge is 0.238 e. The van der Waals surface area contributed by atoms with Gasteiger partial charge in [-0.15, -0.1) is 0 Å². The highest BCUT2D eigenvalue weighted by Crippen LogP contribution is 2.18. The molecule has 1 aromatic rings. The van der Waals surface area contributed by atoms with Crippen LogP contribution in [0.25, 0.3) is 0 Å². The molecule has 1 aliphatic rings. The molecule has 17 heavy (non-hydrogen) atoms.